The van der Waals surface area contributed by atoms with Crippen molar-refractivity contribution >= 4 is 11.9 Å². The first-order chi connectivity index (χ1) is 13.5. The average molecular weight is 386 g/mol. The van der Waals surface area contributed by atoms with Crippen LogP contribution in [0, 0.1) is 0 Å². The highest BCUT2D eigenvalue weighted by molar-refractivity contribution is 5.95. The summed E-state index contributed by atoms with van der Waals surface area (Å²) in [6.07, 6.45) is 1.72. The van der Waals surface area contributed by atoms with Gasteiger partial charge in [0.25, 0.3) is 5.91 Å². The Morgan fingerprint density at radius 2 is 2.00 bits per heavy atom. The molecule has 1 aromatic carbocycles. The first kappa shape index (κ1) is 20.0. The lowest BCUT2D eigenvalue weighted by molar-refractivity contribution is 0.0512. The molecule has 8 heteroatoms. The number of hydrogen-bond donors (Lipinski definition) is 1. The van der Waals surface area contributed by atoms with E-state index >= 15 is 0 Å². The summed E-state index contributed by atoms with van der Waals surface area (Å²) in [7, 11) is 0. The molecule has 0 aliphatic carbocycles. The predicted molar refractivity (Wildman–Crippen MR) is 102 cm³/mol. The van der Waals surface area contributed by atoms with Gasteiger partial charge in [0.05, 0.1) is 25.4 Å². The molecule has 1 aromatic heterocycles. The zero-order chi connectivity index (χ0) is 20.1. The third-order valence-corrected chi connectivity index (χ3v) is 4.66. The van der Waals surface area contributed by atoms with Crippen LogP contribution in [0.15, 0.2) is 24.3 Å². The second-order valence-corrected chi connectivity index (χ2v) is 6.99. The highest BCUT2D eigenvalue weighted by Gasteiger charge is 2.36. The lowest BCUT2D eigenvalue weighted by Crippen LogP contribution is -2.31. The summed E-state index contributed by atoms with van der Waals surface area (Å²) in [5, 5.41) is 10.6. The van der Waals surface area contributed by atoms with E-state index in [0.29, 0.717) is 24.4 Å². The number of nitrogens with zero attached hydrogens (tertiary/aromatic N) is 3. The minimum Gasteiger partial charge on any atom is -0.461 e. The molecule has 1 unspecified atom stereocenters. The largest absolute Gasteiger partial charge is 0.461 e. The van der Waals surface area contributed by atoms with E-state index in [9.17, 15) is 9.59 Å². The van der Waals surface area contributed by atoms with Crippen molar-refractivity contribution in [1.29, 1.82) is 0 Å². The van der Waals surface area contributed by atoms with E-state index in [-0.39, 0.29) is 30.4 Å². The second-order valence-electron chi connectivity index (χ2n) is 6.99. The summed E-state index contributed by atoms with van der Waals surface area (Å²) in [6.45, 7) is 7.08. The number of carbonyl (C=O) groups is 2. The SMILES string of the molecule is CCOC(=O)c1n[nH]nc1C1CCCN1C(=O)c1ccc(COC(C)C)cc1. The van der Waals surface area contributed by atoms with E-state index in [1.54, 1.807) is 11.8 Å². The molecule has 150 valence electrons. The molecule has 0 radical (unpaired) electrons. The van der Waals surface area contributed by atoms with E-state index in [2.05, 4.69) is 15.4 Å². The molecule has 1 amide bonds. The molecule has 0 saturated carbocycles. The zero-order valence-electron chi connectivity index (χ0n) is 16.5. The molecule has 1 atom stereocenters. The number of hydrogen-bond acceptors (Lipinski definition) is 6. The van der Waals surface area contributed by atoms with Crippen LogP contribution in [0.5, 0.6) is 0 Å². The molecule has 1 fully saturated rings. The standard InChI is InChI=1S/C20H26N4O4/c1-4-27-20(26)18-17(21-23-22-18)16-6-5-11-24(16)19(25)15-9-7-14(8-10-15)12-28-13(2)3/h7-10,13,16H,4-6,11-12H2,1-3H3,(H,21,22,23). The van der Waals surface area contributed by atoms with Gasteiger partial charge in [-0.3, -0.25) is 4.79 Å². The van der Waals surface area contributed by atoms with E-state index < -0.39 is 5.97 Å². The van der Waals surface area contributed by atoms with Gasteiger partial charge in [-0.1, -0.05) is 12.1 Å². The maximum absolute atomic E-state index is 13.1. The van der Waals surface area contributed by atoms with Crippen LogP contribution in [0.1, 0.15) is 71.8 Å². The van der Waals surface area contributed by atoms with E-state index in [1.165, 1.54) is 0 Å². The molecule has 1 N–H and O–H groups in total. The number of aromatic nitrogens is 3. The minimum absolute atomic E-state index is 0.0864. The van der Waals surface area contributed by atoms with Crippen LogP contribution in [-0.4, -0.2) is 51.4 Å². The number of benzene rings is 1. The number of H-pyrrole nitrogens is 1. The van der Waals surface area contributed by atoms with Crippen LogP contribution >= 0.6 is 0 Å². The van der Waals surface area contributed by atoms with Crippen molar-refractivity contribution in [1.82, 2.24) is 20.3 Å². The normalized spacial score (nSPS) is 16.6. The summed E-state index contributed by atoms with van der Waals surface area (Å²) >= 11 is 0. The lowest BCUT2D eigenvalue weighted by atomic mass is 10.1. The van der Waals surface area contributed by atoms with E-state index in [4.69, 9.17) is 9.47 Å². The predicted octanol–water partition coefficient (Wildman–Crippen LogP) is 2.88. The topological polar surface area (TPSA) is 97.4 Å². The van der Waals surface area contributed by atoms with Crippen molar-refractivity contribution in [3.8, 4) is 0 Å². The maximum atomic E-state index is 13.1. The average Bonchev–Trinajstić information content (AvgIpc) is 3.35. The molecule has 0 spiro atoms. The van der Waals surface area contributed by atoms with Crippen molar-refractivity contribution in [3.05, 3.63) is 46.8 Å². The number of rotatable bonds is 7. The first-order valence-corrected chi connectivity index (χ1v) is 9.60. The van der Waals surface area contributed by atoms with Crippen LogP contribution in [0.2, 0.25) is 0 Å². The summed E-state index contributed by atoms with van der Waals surface area (Å²) in [5.41, 5.74) is 2.23. The lowest BCUT2D eigenvalue weighted by Gasteiger charge is -2.23. The van der Waals surface area contributed by atoms with Crippen LogP contribution in [0.3, 0.4) is 0 Å². The van der Waals surface area contributed by atoms with Crippen LogP contribution in [0.25, 0.3) is 0 Å². The number of carbonyl (C=O) groups excluding carboxylic acids is 2. The van der Waals surface area contributed by atoms with E-state index in [0.717, 1.165) is 18.4 Å². The molecule has 0 bridgehead atoms. The van der Waals surface area contributed by atoms with Gasteiger partial charge in [-0.05, 0) is 51.3 Å². The molecule has 1 aliphatic rings. The summed E-state index contributed by atoms with van der Waals surface area (Å²) in [4.78, 5) is 26.9. The Morgan fingerprint density at radius 3 is 2.68 bits per heavy atom. The summed E-state index contributed by atoms with van der Waals surface area (Å²) in [5.74, 6) is -0.614. The number of aromatic amines is 1. The maximum Gasteiger partial charge on any atom is 0.360 e. The molecule has 8 nitrogen and oxygen atoms in total. The van der Waals surface area contributed by atoms with Crippen molar-refractivity contribution in [2.45, 2.75) is 52.4 Å². The molecule has 2 aromatic rings. The molecule has 2 heterocycles. The Balaban J connectivity index is 1.75. The zero-order valence-corrected chi connectivity index (χ0v) is 16.5. The van der Waals surface area contributed by atoms with Crippen molar-refractivity contribution in [2.24, 2.45) is 0 Å². The second kappa shape index (κ2) is 8.97. The van der Waals surface area contributed by atoms with Gasteiger partial charge in [0.1, 0.15) is 5.69 Å². The highest BCUT2D eigenvalue weighted by atomic mass is 16.5. The molecule has 3 rings (SSSR count). The van der Waals surface area contributed by atoms with Crippen molar-refractivity contribution in [3.63, 3.8) is 0 Å². The van der Waals surface area contributed by atoms with Gasteiger partial charge in [0.2, 0.25) is 0 Å². The Hall–Kier alpha value is -2.74. The smallest absolute Gasteiger partial charge is 0.360 e. The quantitative estimate of drug-likeness (QED) is 0.735. The van der Waals surface area contributed by atoms with Crippen LogP contribution in [0.4, 0.5) is 0 Å². The Kier molecular flexibility index (Phi) is 6.41. The van der Waals surface area contributed by atoms with Crippen molar-refractivity contribution in [2.75, 3.05) is 13.2 Å². The molecule has 1 saturated heterocycles. The van der Waals surface area contributed by atoms with Gasteiger partial charge in [0, 0.05) is 12.1 Å². The van der Waals surface area contributed by atoms with Gasteiger partial charge in [-0.25, -0.2) is 4.79 Å². The van der Waals surface area contributed by atoms with Crippen LogP contribution < -0.4 is 0 Å². The number of likely N-dealkylation sites (tertiary alicyclic amines) is 1. The number of nitrogens with one attached hydrogen (secondary N) is 1. The fourth-order valence-electron chi connectivity index (χ4n) is 3.29. The fourth-order valence-corrected chi connectivity index (χ4v) is 3.29. The highest BCUT2D eigenvalue weighted by Crippen LogP contribution is 2.33. The Morgan fingerprint density at radius 1 is 1.25 bits per heavy atom. The Bertz CT molecular complexity index is 816. The third kappa shape index (κ3) is 4.39. The third-order valence-electron chi connectivity index (χ3n) is 4.66. The molecular weight excluding hydrogens is 360 g/mol. The first-order valence-electron chi connectivity index (χ1n) is 9.60. The van der Waals surface area contributed by atoms with Gasteiger partial charge in [0.15, 0.2) is 5.69 Å². The monoisotopic (exact) mass is 386 g/mol. The number of ether oxygens (including phenoxy) is 2. The molecule has 1 aliphatic heterocycles. The minimum atomic E-state index is -0.528. The molecular formula is C20H26N4O4. The number of esters is 1. The molecule has 28 heavy (non-hydrogen) atoms. The van der Waals surface area contributed by atoms with Gasteiger partial charge in [-0.15, -0.1) is 5.10 Å². The summed E-state index contributed by atoms with van der Waals surface area (Å²) in [6, 6.07) is 7.13. The van der Waals surface area contributed by atoms with Gasteiger partial charge >= 0.3 is 5.97 Å². The summed E-state index contributed by atoms with van der Waals surface area (Å²) < 4.78 is 10.6. The van der Waals surface area contributed by atoms with Crippen molar-refractivity contribution < 1.29 is 19.1 Å². The van der Waals surface area contributed by atoms with Crippen LogP contribution in [-0.2, 0) is 16.1 Å². The van der Waals surface area contributed by atoms with Gasteiger partial charge < -0.3 is 14.4 Å². The fraction of sp³-hybridized carbons (Fsp3) is 0.500. The Labute approximate surface area is 164 Å². The number of amides is 1. The van der Waals surface area contributed by atoms with E-state index in [1.807, 2.05) is 38.1 Å². The van der Waals surface area contributed by atoms with Gasteiger partial charge in [-0.2, -0.15) is 10.3 Å².